The molecular weight excluding hydrogens is 256 g/mol. The third-order valence-corrected chi connectivity index (χ3v) is 4.48. The molecule has 1 aromatic heterocycles. The number of aromatic nitrogens is 1. The highest BCUT2D eigenvalue weighted by Gasteiger charge is 2.14. The van der Waals surface area contributed by atoms with Crippen LogP contribution < -0.4 is 4.72 Å². The first-order valence-corrected chi connectivity index (χ1v) is 7.57. The van der Waals surface area contributed by atoms with Crippen LogP contribution in [0.25, 0.3) is 0 Å². The molecule has 0 bridgehead atoms. The number of nitrogens with one attached hydrogen (secondary N) is 1. The molecule has 86 valence electrons. The van der Waals surface area contributed by atoms with E-state index in [0.717, 1.165) is 5.69 Å². The second-order valence-electron chi connectivity index (χ2n) is 3.34. The monoisotopic (exact) mass is 268 g/mol. The van der Waals surface area contributed by atoms with E-state index in [1.54, 1.807) is 12.4 Å². The summed E-state index contributed by atoms with van der Waals surface area (Å²) in [6, 6.07) is 0. The Bertz CT molecular complexity index is 377. The van der Waals surface area contributed by atoms with Crippen molar-refractivity contribution in [1.29, 1.82) is 0 Å². The van der Waals surface area contributed by atoms with Crippen LogP contribution in [0.2, 0.25) is 0 Å². The average Bonchev–Trinajstić information content (AvgIpc) is 2.66. The third-order valence-electron chi connectivity index (χ3n) is 1.72. The number of rotatable bonds is 6. The Kier molecular flexibility index (Phi) is 4.98. The predicted octanol–water partition coefficient (Wildman–Crippen LogP) is 1.44. The molecule has 0 saturated carbocycles. The second kappa shape index (κ2) is 5.79. The lowest BCUT2D eigenvalue weighted by atomic mass is 10.3. The van der Waals surface area contributed by atoms with Crippen LogP contribution in [0, 0.1) is 5.92 Å². The fraction of sp³-hybridized carbons (Fsp3) is 0.625. The summed E-state index contributed by atoms with van der Waals surface area (Å²) in [4.78, 5) is 3.98. The predicted molar refractivity (Wildman–Crippen MR) is 62.6 cm³/mol. The van der Waals surface area contributed by atoms with Crippen LogP contribution >= 0.6 is 22.9 Å². The SMILES string of the molecule is CC(CCl)CS(=O)(=O)NCc1cscn1. The van der Waals surface area contributed by atoms with Crippen molar-refractivity contribution in [3.8, 4) is 0 Å². The molecule has 1 rings (SSSR count). The van der Waals surface area contributed by atoms with E-state index in [4.69, 9.17) is 11.6 Å². The summed E-state index contributed by atoms with van der Waals surface area (Å²) in [7, 11) is -3.24. The van der Waals surface area contributed by atoms with E-state index < -0.39 is 10.0 Å². The summed E-state index contributed by atoms with van der Waals surface area (Å²) in [6.07, 6.45) is 0. The number of nitrogens with zero attached hydrogens (tertiary/aromatic N) is 1. The Morgan fingerprint density at radius 3 is 2.93 bits per heavy atom. The Morgan fingerprint density at radius 2 is 2.40 bits per heavy atom. The molecule has 1 atom stereocenters. The van der Waals surface area contributed by atoms with Crippen LogP contribution in [0.15, 0.2) is 10.9 Å². The molecule has 7 heteroatoms. The summed E-state index contributed by atoms with van der Waals surface area (Å²) in [5, 5.41) is 1.81. The van der Waals surface area contributed by atoms with E-state index in [1.165, 1.54) is 11.3 Å². The topological polar surface area (TPSA) is 59.1 Å². The maximum absolute atomic E-state index is 11.5. The van der Waals surface area contributed by atoms with Gasteiger partial charge in [-0.1, -0.05) is 6.92 Å². The standard InChI is InChI=1S/C8H13ClN2O2S2/c1-7(2-9)5-15(12,13)11-3-8-4-14-6-10-8/h4,6-7,11H,2-3,5H2,1H3. The second-order valence-corrected chi connectivity index (χ2v) is 6.22. The number of hydrogen-bond acceptors (Lipinski definition) is 4. The molecule has 1 heterocycles. The largest absolute Gasteiger partial charge is 0.248 e. The zero-order valence-corrected chi connectivity index (χ0v) is 10.7. The summed E-state index contributed by atoms with van der Waals surface area (Å²) in [5.74, 6) is 0.359. The van der Waals surface area contributed by atoms with Crippen molar-refractivity contribution >= 4 is 33.0 Å². The van der Waals surface area contributed by atoms with Gasteiger partial charge in [0.25, 0.3) is 0 Å². The quantitative estimate of drug-likeness (QED) is 0.795. The minimum Gasteiger partial charge on any atom is -0.248 e. The Morgan fingerprint density at radius 1 is 1.67 bits per heavy atom. The smallest absolute Gasteiger partial charge is 0.212 e. The summed E-state index contributed by atoms with van der Waals surface area (Å²) >= 11 is 7.00. The van der Waals surface area contributed by atoms with Crippen molar-refractivity contribution in [3.05, 3.63) is 16.6 Å². The summed E-state index contributed by atoms with van der Waals surface area (Å²) < 4.78 is 25.5. The van der Waals surface area contributed by atoms with Gasteiger partial charge in [-0.05, 0) is 5.92 Å². The van der Waals surface area contributed by atoms with E-state index in [1.807, 2.05) is 5.38 Å². The number of hydrogen-bond donors (Lipinski definition) is 1. The highest BCUT2D eigenvalue weighted by molar-refractivity contribution is 7.89. The molecule has 0 aliphatic heterocycles. The Labute approximate surface area is 98.7 Å². The normalized spacial score (nSPS) is 14.0. The van der Waals surface area contributed by atoms with Crippen molar-refractivity contribution in [2.75, 3.05) is 11.6 Å². The van der Waals surface area contributed by atoms with Crippen molar-refractivity contribution in [2.24, 2.45) is 5.92 Å². The molecule has 0 aliphatic rings. The van der Waals surface area contributed by atoms with Gasteiger partial charge in [0, 0.05) is 11.3 Å². The first-order valence-electron chi connectivity index (χ1n) is 4.44. The van der Waals surface area contributed by atoms with Gasteiger partial charge < -0.3 is 0 Å². The summed E-state index contributed by atoms with van der Waals surface area (Å²) in [6.45, 7) is 2.05. The van der Waals surface area contributed by atoms with Crippen molar-refractivity contribution in [1.82, 2.24) is 9.71 Å². The van der Waals surface area contributed by atoms with Crippen molar-refractivity contribution in [3.63, 3.8) is 0 Å². The molecule has 1 aromatic rings. The van der Waals surface area contributed by atoms with Crippen LogP contribution in [0.3, 0.4) is 0 Å². The van der Waals surface area contributed by atoms with Crippen LogP contribution in [-0.4, -0.2) is 25.0 Å². The molecule has 1 unspecified atom stereocenters. The number of thiazole rings is 1. The van der Waals surface area contributed by atoms with E-state index >= 15 is 0 Å². The van der Waals surface area contributed by atoms with Gasteiger partial charge >= 0.3 is 0 Å². The minimum atomic E-state index is -3.24. The molecule has 4 nitrogen and oxygen atoms in total. The van der Waals surface area contributed by atoms with E-state index in [-0.39, 0.29) is 18.2 Å². The van der Waals surface area contributed by atoms with Crippen LogP contribution in [0.5, 0.6) is 0 Å². The molecule has 1 N–H and O–H groups in total. The van der Waals surface area contributed by atoms with Crippen molar-refractivity contribution < 1.29 is 8.42 Å². The maximum atomic E-state index is 11.5. The minimum absolute atomic E-state index is 0.0420. The molecule has 0 saturated heterocycles. The molecule has 0 fully saturated rings. The molecule has 0 radical (unpaired) electrons. The van der Waals surface area contributed by atoms with Crippen LogP contribution in [0.4, 0.5) is 0 Å². The van der Waals surface area contributed by atoms with Crippen molar-refractivity contribution in [2.45, 2.75) is 13.5 Å². The van der Waals surface area contributed by atoms with Gasteiger partial charge in [0.1, 0.15) is 0 Å². The van der Waals surface area contributed by atoms with Gasteiger partial charge in [-0.25, -0.2) is 18.1 Å². The van der Waals surface area contributed by atoms with Gasteiger partial charge in [0.2, 0.25) is 10.0 Å². The molecule has 0 amide bonds. The lowest BCUT2D eigenvalue weighted by molar-refractivity contribution is 0.568. The number of halogens is 1. The van der Waals surface area contributed by atoms with Crippen LogP contribution in [-0.2, 0) is 16.6 Å². The fourth-order valence-corrected chi connectivity index (χ4v) is 3.14. The summed E-state index contributed by atoms with van der Waals surface area (Å²) in [5.41, 5.74) is 2.41. The lowest BCUT2D eigenvalue weighted by Gasteiger charge is -2.08. The molecule has 0 aliphatic carbocycles. The Hall–Kier alpha value is -0.170. The molecular formula is C8H13ClN2O2S2. The first kappa shape index (κ1) is 12.9. The van der Waals surface area contributed by atoms with Gasteiger partial charge in [0.05, 0.1) is 23.5 Å². The van der Waals surface area contributed by atoms with E-state index in [9.17, 15) is 8.42 Å². The Balaban J connectivity index is 2.43. The zero-order valence-electron chi connectivity index (χ0n) is 8.31. The molecule has 15 heavy (non-hydrogen) atoms. The molecule has 0 aromatic carbocycles. The van der Waals surface area contributed by atoms with E-state index in [2.05, 4.69) is 9.71 Å². The zero-order chi connectivity index (χ0) is 11.3. The number of sulfonamides is 1. The molecule has 0 spiro atoms. The van der Waals surface area contributed by atoms with Gasteiger partial charge in [-0.15, -0.1) is 22.9 Å². The van der Waals surface area contributed by atoms with Gasteiger partial charge in [-0.3, -0.25) is 0 Å². The first-order chi connectivity index (χ1) is 7.03. The highest BCUT2D eigenvalue weighted by atomic mass is 35.5. The average molecular weight is 269 g/mol. The van der Waals surface area contributed by atoms with E-state index in [0.29, 0.717) is 5.88 Å². The maximum Gasteiger partial charge on any atom is 0.212 e. The fourth-order valence-electron chi connectivity index (χ4n) is 0.987. The highest BCUT2D eigenvalue weighted by Crippen LogP contribution is 2.04. The third kappa shape index (κ3) is 4.92. The van der Waals surface area contributed by atoms with Gasteiger partial charge in [0.15, 0.2) is 0 Å². The lowest BCUT2D eigenvalue weighted by Crippen LogP contribution is -2.29. The van der Waals surface area contributed by atoms with Gasteiger partial charge in [-0.2, -0.15) is 0 Å². The number of alkyl halides is 1. The van der Waals surface area contributed by atoms with Crippen LogP contribution in [0.1, 0.15) is 12.6 Å².